The molecule has 1 aliphatic carbocycles. The summed E-state index contributed by atoms with van der Waals surface area (Å²) in [6.45, 7) is 8.34. The van der Waals surface area contributed by atoms with Crippen molar-refractivity contribution < 1.29 is 0 Å². The Bertz CT molecular complexity index is 1140. The lowest BCUT2D eigenvalue weighted by atomic mass is 9.94. The van der Waals surface area contributed by atoms with Crippen LogP contribution in [0.4, 0.5) is 0 Å². The van der Waals surface area contributed by atoms with Gasteiger partial charge in [-0.15, -0.1) is 5.10 Å². The standard InChI is InChI=1S/C24H32N6O/c1-15-7-6-12-29(14-15)22(23-26-27-28-30(23)18-8-4-5-9-18)20-13-19-16(2)10-11-17(3)21(19)25-24(20)31/h10-11,13,15,18,22H,4-9,12,14H2,1-3H3,(H,25,31). The van der Waals surface area contributed by atoms with Crippen LogP contribution in [0.5, 0.6) is 0 Å². The maximum absolute atomic E-state index is 13.4. The normalized spacial score (nSPS) is 21.7. The summed E-state index contributed by atoms with van der Waals surface area (Å²) >= 11 is 0. The van der Waals surface area contributed by atoms with E-state index in [4.69, 9.17) is 0 Å². The first kappa shape index (κ1) is 20.4. The number of aromatic amines is 1. The van der Waals surface area contributed by atoms with Crippen LogP contribution in [0.2, 0.25) is 0 Å². The molecule has 164 valence electrons. The number of tetrazole rings is 1. The van der Waals surface area contributed by atoms with Gasteiger partial charge >= 0.3 is 0 Å². The molecule has 5 rings (SSSR count). The van der Waals surface area contributed by atoms with Gasteiger partial charge in [-0.1, -0.05) is 31.9 Å². The first-order valence-corrected chi connectivity index (χ1v) is 11.7. The molecule has 2 aliphatic rings. The molecule has 2 fully saturated rings. The molecule has 2 unspecified atom stereocenters. The number of fused-ring (bicyclic) bond motifs is 1. The van der Waals surface area contributed by atoms with Crippen molar-refractivity contribution in [2.24, 2.45) is 5.92 Å². The Morgan fingerprint density at radius 3 is 2.65 bits per heavy atom. The lowest BCUT2D eigenvalue weighted by Gasteiger charge is -2.36. The van der Waals surface area contributed by atoms with Gasteiger partial charge in [-0.05, 0) is 79.6 Å². The summed E-state index contributed by atoms with van der Waals surface area (Å²) in [5, 5.41) is 14.1. The second-order valence-electron chi connectivity index (χ2n) is 9.61. The molecule has 0 radical (unpaired) electrons. The van der Waals surface area contributed by atoms with E-state index in [1.165, 1.54) is 24.8 Å². The molecule has 1 N–H and O–H groups in total. The third-order valence-electron chi connectivity index (χ3n) is 7.25. The van der Waals surface area contributed by atoms with Crippen molar-refractivity contribution in [3.63, 3.8) is 0 Å². The minimum absolute atomic E-state index is 0.0367. The van der Waals surface area contributed by atoms with Gasteiger partial charge in [-0.3, -0.25) is 9.69 Å². The van der Waals surface area contributed by atoms with Crippen molar-refractivity contribution in [2.75, 3.05) is 13.1 Å². The Morgan fingerprint density at radius 1 is 1.10 bits per heavy atom. The molecule has 3 aromatic rings. The summed E-state index contributed by atoms with van der Waals surface area (Å²) in [5.41, 5.74) is 3.90. The number of pyridine rings is 1. The summed E-state index contributed by atoms with van der Waals surface area (Å²) in [4.78, 5) is 19.0. The zero-order valence-corrected chi connectivity index (χ0v) is 18.8. The van der Waals surface area contributed by atoms with Gasteiger partial charge in [0, 0.05) is 17.5 Å². The predicted octanol–water partition coefficient (Wildman–Crippen LogP) is 4.07. The molecular weight excluding hydrogens is 388 g/mol. The van der Waals surface area contributed by atoms with Crippen LogP contribution in [0.25, 0.3) is 10.9 Å². The zero-order valence-electron chi connectivity index (χ0n) is 18.8. The average Bonchev–Trinajstić information content (AvgIpc) is 3.44. The van der Waals surface area contributed by atoms with Crippen molar-refractivity contribution in [3.05, 3.63) is 51.1 Å². The first-order chi connectivity index (χ1) is 15.0. The smallest absolute Gasteiger partial charge is 0.253 e. The number of H-pyrrole nitrogens is 1. The SMILES string of the molecule is Cc1ccc(C)c2[nH]c(=O)c(C(c3nnnn3C3CCCC3)N3CCCC(C)C3)cc12. The van der Waals surface area contributed by atoms with Gasteiger partial charge in [0.25, 0.3) is 5.56 Å². The van der Waals surface area contributed by atoms with Crippen LogP contribution in [0.3, 0.4) is 0 Å². The van der Waals surface area contributed by atoms with Crippen LogP contribution in [0, 0.1) is 19.8 Å². The molecule has 31 heavy (non-hydrogen) atoms. The topological polar surface area (TPSA) is 79.7 Å². The summed E-state index contributed by atoms with van der Waals surface area (Å²) in [5.74, 6) is 1.41. The fraction of sp³-hybridized carbons (Fsp3) is 0.583. The third kappa shape index (κ3) is 3.69. The highest BCUT2D eigenvalue weighted by atomic mass is 16.1. The molecule has 7 heteroatoms. The maximum atomic E-state index is 13.4. The van der Waals surface area contributed by atoms with Gasteiger partial charge in [0.15, 0.2) is 5.82 Å². The lowest BCUT2D eigenvalue weighted by Crippen LogP contribution is -2.41. The predicted molar refractivity (Wildman–Crippen MR) is 121 cm³/mol. The van der Waals surface area contributed by atoms with E-state index in [1.807, 2.05) is 11.6 Å². The van der Waals surface area contributed by atoms with E-state index in [1.54, 1.807) is 0 Å². The van der Waals surface area contributed by atoms with Crippen LogP contribution >= 0.6 is 0 Å². The summed E-state index contributed by atoms with van der Waals surface area (Å²) in [6, 6.07) is 6.39. The van der Waals surface area contributed by atoms with Crippen LogP contribution in [0.1, 0.15) is 80.0 Å². The Morgan fingerprint density at radius 2 is 1.87 bits per heavy atom. The molecule has 7 nitrogen and oxygen atoms in total. The second kappa shape index (κ2) is 8.19. The Hall–Kier alpha value is -2.54. The maximum Gasteiger partial charge on any atom is 0.253 e. The fourth-order valence-electron chi connectivity index (χ4n) is 5.54. The molecular formula is C24H32N6O. The largest absolute Gasteiger partial charge is 0.321 e. The number of piperidine rings is 1. The van der Waals surface area contributed by atoms with E-state index in [-0.39, 0.29) is 11.6 Å². The Kier molecular flexibility index (Phi) is 5.38. The highest BCUT2D eigenvalue weighted by Crippen LogP contribution is 2.35. The Balaban J connectivity index is 1.69. The van der Waals surface area contributed by atoms with Crippen LogP contribution in [-0.4, -0.2) is 43.2 Å². The number of aryl methyl sites for hydroxylation is 2. The van der Waals surface area contributed by atoms with Crippen LogP contribution in [0.15, 0.2) is 23.0 Å². The van der Waals surface area contributed by atoms with E-state index < -0.39 is 0 Å². The number of benzene rings is 1. The summed E-state index contributed by atoms with van der Waals surface area (Å²) in [7, 11) is 0. The Labute approximate surface area is 182 Å². The van der Waals surface area contributed by atoms with Gasteiger partial charge < -0.3 is 4.98 Å². The minimum atomic E-state index is -0.230. The number of likely N-dealkylation sites (tertiary alicyclic amines) is 1. The van der Waals surface area contributed by atoms with Crippen LogP contribution in [-0.2, 0) is 0 Å². The van der Waals surface area contributed by atoms with Crippen molar-refractivity contribution >= 4 is 10.9 Å². The van der Waals surface area contributed by atoms with Crippen molar-refractivity contribution in [1.82, 2.24) is 30.1 Å². The number of nitrogens with one attached hydrogen (secondary N) is 1. The van der Waals surface area contributed by atoms with E-state index in [0.29, 0.717) is 12.0 Å². The van der Waals surface area contributed by atoms with E-state index in [0.717, 1.165) is 60.2 Å². The lowest BCUT2D eigenvalue weighted by molar-refractivity contribution is 0.139. The molecule has 1 saturated heterocycles. The molecule has 1 aliphatic heterocycles. The molecule has 3 heterocycles. The van der Waals surface area contributed by atoms with Gasteiger partial charge in [0.1, 0.15) is 6.04 Å². The average molecular weight is 421 g/mol. The van der Waals surface area contributed by atoms with E-state index in [9.17, 15) is 4.79 Å². The molecule has 0 spiro atoms. The monoisotopic (exact) mass is 420 g/mol. The zero-order chi connectivity index (χ0) is 21.5. The number of rotatable bonds is 4. The van der Waals surface area contributed by atoms with E-state index in [2.05, 4.69) is 57.5 Å². The molecule has 1 saturated carbocycles. The number of hydrogen-bond acceptors (Lipinski definition) is 5. The van der Waals surface area contributed by atoms with Gasteiger partial charge in [0.2, 0.25) is 0 Å². The summed E-state index contributed by atoms with van der Waals surface area (Å²) < 4.78 is 2.02. The van der Waals surface area contributed by atoms with Gasteiger partial charge in [-0.25, -0.2) is 4.68 Å². The minimum Gasteiger partial charge on any atom is -0.321 e. The van der Waals surface area contributed by atoms with Crippen molar-refractivity contribution in [2.45, 2.75) is 71.4 Å². The fourth-order valence-corrected chi connectivity index (χ4v) is 5.54. The molecule has 1 aromatic carbocycles. The molecule has 0 bridgehead atoms. The molecule has 2 aromatic heterocycles. The van der Waals surface area contributed by atoms with Crippen LogP contribution < -0.4 is 5.56 Å². The molecule has 0 amide bonds. The highest BCUT2D eigenvalue weighted by Gasteiger charge is 2.34. The third-order valence-corrected chi connectivity index (χ3v) is 7.25. The number of aromatic nitrogens is 5. The van der Waals surface area contributed by atoms with E-state index >= 15 is 0 Å². The highest BCUT2D eigenvalue weighted by molar-refractivity contribution is 5.85. The summed E-state index contributed by atoms with van der Waals surface area (Å²) in [6.07, 6.45) is 6.99. The van der Waals surface area contributed by atoms with Gasteiger partial charge in [0.05, 0.1) is 11.6 Å². The second-order valence-corrected chi connectivity index (χ2v) is 9.61. The molecule has 2 atom stereocenters. The number of hydrogen-bond donors (Lipinski definition) is 1. The quantitative estimate of drug-likeness (QED) is 0.688. The number of nitrogens with zero attached hydrogens (tertiary/aromatic N) is 5. The van der Waals surface area contributed by atoms with Crippen molar-refractivity contribution in [1.29, 1.82) is 0 Å². The van der Waals surface area contributed by atoms with Crippen molar-refractivity contribution in [3.8, 4) is 0 Å². The first-order valence-electron chi connectivity index (χ1n) is 11.7. The van der Waals surface area contributed by atoms with Gasteiger partial charge in [-0.2, -0.15) is 0 Å².